The van der Waals surface area contributed by atoms with Gasteiger partial charge in [0.25, 0.3) is 0 Å². The van der Waals surface area contributed by atoms with Crippen molar-refractivity contribution >= 4 is 11.8 Å². The molecule has 2 saturated heterocycles. The van der Waals surface area contributed by atoms with Crippen molar-refractivity contribution in [1.82, 2.24) is 20.1 Å². The minimum atomic E-state index is 0.350. The van der Waals surface area contributed by atoms with Crippen LogP contribution in [0.5, 0.6) is 0 Å². The second kappa shape index (κ2) is 9.02. The molecule has 2 aliphatic rings. The highest BCUT2D eigenvalue weighted by Crippen LogP contribution is 2.27. The fourth-order valence-corrected chi connectivity index (χ4v) is 4.85. The van der Waals surface area contributed by atoms with Crippen LogP contribution in [0.2, 0.25) is 0 Å². The Morgan fingerprint density at radius 1 is 1.08 bits per heavy atom. The minimum absolute atomic E-state index is 0.350. The summed E-state index contributed by atoms with van der Waals surface area (Å²) < 4.78 is 8.15. The third-order valence-corrected chi connectivity index (χ3v) is 6.38. The normalized spacial score (nSPS) is 21.8. The molecule has 4 rings (SSSR count). The molecule has 6 heteroatoms. The summed E-state index contributed by atoms with van der Waals surface area (Å²) in [6.07, 6.45) is 7.43. The first-order chi connectivity index (χ1) is 12.9. The molecule has 1 unspecified atom stereocenters. The Hall–Kier alpha value is -1.37. The molecule has 1 aromatic heterocycles. The van der Waals surface area contributed by atoms with Crippen molar-refractivity contribution in [2.24, 2.45) is 5.92 Å². The second-order valence-electron chi connectivity index (χ2n) is 7.27. The quantitative estimate of drug-likeness (QED) is 0.787. The van der Waals surface area contributed by atoms with Crippen LogP contribution in [-0.4, -0.2) is 46.3 Å². The molecular formula is C20H28N4OS. The number of piperidine rings is 1. The Balaban J connectivity index is 1.52. The first-order valence-corrected chi connectivity index (χ1v) is 10.8. The zero-order valence-corrected chi connectivity index (χ0v) is 16.1. The number of ether oxygens (including phenoxy) is 1. The molecule has 2 aliphatic heterocycles. The van der Waals surface area contributed by atoms with Crippen LogP contribution in [-0.2, 0) is 11.2 Å². The van der Waals surface area contributed by atoms with Gasteiger partial charge in [-0.1, -0.05) is 30.0 Å². The van der Waals surface area contributed by atoms with Gasteiger partial charge in [-0.05, 0) is 63.2 Å². The lowest BCUT2D eigenvalue weighted by Gasteiger charge is -2.23. The highest BCUT2D eigenvalue weighted by Gasteiger charge is 2.22. The maximum Gasteiger partial charge on any atom is 0.195 e. The number of nitrogens with one attached hydrogen (secondary N) is 1. The van der Waals surface area contributed by atoms with Gasteiger partial charge in [0, 0.05) is 24.5 Å². The Labute approximate surface area is 159 Å². The van der Waals surface area contributed by atoms with E-state index in [1.54, 1.807) is 11.8 Å². The van der Waals surface area contributed by atoms with Crippen LogP contribution in [0, 0.1) is 5.92 Å². The number of rotatable bonds is 6. The minimum Gasteiger partial charge on any atom is -0.377 e. The Morgan fingerprint density at radius 3 is 2.69 bits per heavy atom. The average Bonchev–Trinajstić information content (AvgIpc) is 3.11. The molecule has 140 valence electrons. The van der Waals surface area contributed by atoms with E-state index in [-0.39, 0.29) is 0 Å². The molecule has 0 spiro atoms. The van der Waals surface area contributed by atoms with Crippen LogP contribution >= 0.6 is 11.8 Å². The van der Waals surface area contributed by atoms with Crippen molar-refractivity contribution in [2.45, 2.75) is 49.8 Å². The van der Waals surface area contributed by atoms with Crippen LogP contribution in [0.4, 0.5) is 0 Å². The van der Waals surface area contributed by atoms with Crippen molar-refractivity contribution in [3.8, 4) is 5.69 Å². The monoisotopic (exact) mass is 372 g/mol. The van der Waals surface area contributed by atoms with Gasteiger partial charge in [-0.3, -0.25) is 4.57 Å². The van der Waals surface area contributed by atoms with Crippen molar-refractivity contribution in [3.05, 3.63) is 36.2 Å². The number of benzene rings is 1. The SMILES string of the molecule is c1ccc(-n2c(CC3CCNCC3)nnc2SCC2CCCCO2)cc1. The lowest BCUT2D eigenvalue weighted by molar-refractivity contribution is 0.0315. The van der Waals surface area contributed by atoms with Crippen LogP contribution < -0.4 is 5.32 Å². The number of hydrogen-bond donors (Lipinski definition) is 1. The maximum atomic E-state index is 5.89. The van der Waals surface area contributed by atoms with Crippen LogP contribution in [0.25, 0.3) is 5.69 Å². The lowest BCUT2D eigenvalue weighted by Crippen LogP contribution is -2.29. The number of nitrogens with zero attached hydrogens (tertiary/aromatic N) is 3. The van der Waals surface area contributed by atoms with E-state index in [2.05, 4.69) is 50.4 Å². The van der Waals surface area contributed by atoms with E-state index in [9.17, 15) is 0 Å². The number of aromatic nitrogens is 3. The molecule has 2 aromatic rings. The first kappa shape index (κ1) is 18.0. The summed E-state index contributed by atoms with van der Waals surface area (Å²) in [6, 6.07) is 10.5. The van der Waals surface area contributed by atoms with Crippen molar-refractivity contribution < 1.29 is 4.74 Å². The second-order valence-corrected chi connectivity index (χ2v) is 8.25. The van der Waals surface area contributed by atoms with E-state index in [0.29, 0.717) is 12.0 Å². The summed E-state index contributed by atoms with van der Waals surface area (Å²) in [5.41, 5.74) is 1.16. The third kappa shape index (κ3) is 4.48. The molecule has 26 heavy (non-hydrogen) atoms. The molecule has 5 nitrogen and oxygen atoms in total. The summed E-state index contributed by atoms with van der Waals surface area (Å²) in [6.45, 7) is 3.13. The van der Waals surface area contributed by atoms with E-state index in [0.717, 1.165) is 55.0 Å². The zero-order valence-electron chi connectivity index (χ0n) is 15.3. The van der Waals surface area contributed by atoms with Crippen molar-refractivity contribution in [3.63, 3.8) is 0 Å². The summed E-state index contributed by atoms with van der Waals surface area (Å²) in [5.74, 6) is 2.75. The fourth-order valence-electron chi connectivity index (χ4n) is 3.81. The van der Waals surface area contributed by atoms with Gasteiger partial charge >= 0.3 is 0 Å². The molecular weight excluding hydrogens is 344 g/mol. The van der Waals surface area contributed by atoms with E-state index in [4.69, 9.17) is 4.74 Å². The predicted molar refractivity (Wildman–Crippen MR) is 105 cm³/mol. The van der Waals surface area contributed by atoms with Gasteiger partial charge in [0.2, 0.25) is 0 Å². The zero-order chi connectivity index (χ0) is 17.6. The number of thioether (sulfide) groups is 1. The molecule has 0 saturated carbocycles. The van der Waals surface area contributed by atoms with E-state index in [1.165, 1.54) is 25.7 Å². The number of para-hydroxylation sites is 1. The van der Waals surface area contributed by atoms with Gasteiger partial charge in [-0.15, -0.1) is 10.2 Å². The number of hydrogen-bond acceptors (Lipinski definition) is 5. The van der Waals surface area contributed by atoms with Gasteiger partial charge in [0.05, 0.1) is 6.10 Å². The summed E-state index contributed by atoms with van der Waals surface area (Å²) in [4.78, 5) is 0. The molecule has 1 aromatic carbocycles. The van der Waals surface area contributed by atoms with Crippen LogP contribution in [0.15, 0.2) is 35.5 Å². The summed E-state index contributed by atoms with van der Waals surface area (Å²) in [7, 11) is 0. The van der Waals surface area contributed by atoms with Crippen molar-refractivity contribution in [1.29, 1.82) is 0 Å². The van der Waals surface area contributed by atoms with E-state index in [1.807, 2.05) is 0 Å². The Morgan fingerprint density at radius 2 is 1.92 bits per heavy atom. The molecule has 0 radical (unpaired) electrons. The maximum absolute atomic E-state index is 5.89. The largest absolute Gasteiger partial charge is 0.377 e. The highest BCUT2D eigenvalue weighted by molar-refractivity contribution is 7.99. The highest BCUT2D eigenvalue weighted by atomic mass is 32.2. The van der Waals surface area contributed by atoms with E-state index >= 15 is 0 Å². The van der Waals surface area contributed by atoms with Crippen molar-refractivity contribution in [2.75, 3.05) is 25.4 Å². The third-order valence-electron chi connectivity index (χ3n) is 5.32. The molecule has 0 bridgehead atoms. The van der Waals surface area contributed by atoms with Crippen LogP contribution in [0.1, 0.15) is 37.9 Å². The smallest absolute Gasteiger partial charge is 0.195 e. The van der Waals surface area contributed by atoms with Gasteiger partial charge < -0.3 is 10.1 Å². The van der Waals surface area contributed by atoms with Gasteiger partial charge in [-0.25, -0.2) is 0 Å². The standard InChI is InChI=1S/C20H28N4OS/c1-2-6-17(7-3-1)24-19(14-16-9-11-21-12-10-16)22-23-20(24)26-15-18-8-4-5-13-25-18/h1-3,6-7,16,18,21H,4-5,8-15H2. The molecule has 1 N–H and O–H groups in total. The summed E-state index contributed by atoms with van der Waals surface area (Å²) in [5, 5.41) is 13.6. The fraction of sp³-hybridized carbons (Fsp3) is 0.600. The van der Waals surface area contributed by atoms with Gasteiger partial charge in [-0.2, -0.15) is 0 Å². The molecule has 2 fully saturated rings. The van der Waals surface area contributed by atoms with E-state index < -0.39 is 0 Å². The lowest BCUT2D eigenvalue weighted by atomic mass is 9.94. The van der Waals surface area contributed by atoms with Crippen LogP contribution in [0.3, 0.4) is 0 Å². The summed E-state index contributed by atoms with van der Waals surface area (Å²) >= 11 is 1.78. The Kier molecular flexibility index (Phi) is 6.25. The Bertz CT molecular complexity index is 678. The first-order valence-electron chi connectivity index (χ1n) is 9.85. The predicted octanol–water partition coefficient (Wildman–Crippen LogP) is 3.47. The molecule has 0 amide bonds. The van der Waals surface area contributed by atoms with Gasteiger partial charge in [0.15, 0.2) is 5.16 Å². The molecule has 1 atom stereocenters. The topological polar surface area (TPSA) is 52.0 Å². The molecule has 0 aliphatic carbocycles. The van der Waals surface area contributed by atoms with Gasteiger partial charge in [0.1, 0.15) is 5.82 Å². The molecule has 3 heterocycles. The average molecular weight is 373 g/mol.